The van der Waals surface area contributed by atoms with Crippen molar-refractivity contribution in [2.45, 2.75) is 25.7 Å². The molecule has 2 amide bonds. The van der Waals surface area contributed by atoms with Crippen LogP contribution in [-0.2, 0) is 16.0 Å². The monoisotopic (exact) mass is 295 g/mol. The molecule has 1 aromatic rings. The van der Waals surface area contributed by atoms with Crippen LogP contribution in [-0.4, -0.2) is 23.3 Å². The third-order valence-electron chi connectivity index (χ3n) is 2.92. The van der Waals surface area contributed by atoms with E-state index in [4.69, 9.17) is 0 Å². The lowest BCUT2D eigenvalue weighted by molar-refractivity contribution is -0.147. The minimum atomic E-state index is -0.0293. The Morgan fingerprint density at radius 3 is 2.24 bits per heavy atom. The second kappa shape index (κ2) is 5.45. The average molecular weight is 296 g/mol. The van der Waals surface area contributed by atoms with Crippen LogP contribution in [0.25, 0.3) is 0 Å². The zero-order valence-electron chi connectivity index (χ0n) is 9.49. The molecule has 0 aliphatic carbocycles. The first kappa shape index (κ1) is 12.3. The second-order valence-electron chi connectivity index (χ2n) is 4.17. The summed E-state index contributed by atoms with van der Waals surface area (Å²) in [7, 11) is 0. The number of piperidine rings is 1. The van der Waals surface area contributed by atoms with Gasteiger partial charge < -0.3 is 0 Å². The molecule has 1 fully saturated rings. The number of likely N-dealkylation sites (tertiary alicyclic amines) is 1. The average Bonchev–Trinajstić information content (AvgIpc) is 2.31. The van der Waals surface area contributed by atoms with Crippen molar-refractivity contribution in [2.75, 3.05) is 6.54 Å². The van der Waals surface area contributed by atoms with Gasteiger partial charge >= 0.3 is 0 Å². The highest BCUT2D eigenvalue weighted by molar-refractivity contribution is 9.10. The molecule has 0 radical (unpaired) electrons. The van der Waals surface area contributed by atoms with Gasteiger partial charge in [0.1, 0.15) is 0 Å². The van der Waals surface area contributed by atoms with Gasteiger partial charge in [-0.1, -0.05) is 28.1 Å². The van der Waals surface area contributed by atoms with Crippen molar-refractivity contribution in [3.05, 3.63) is 34.3 Å². The van der Waals surface area contributed by atoms with Crippen LogP contribution < -0.4 is 0 Å². The number of benzene rings is 1. The van der Waals surface area contributed by atoms with Gasteiger partial charge in [-0.15, -0.1) is 0 Å². The lowest BCUT2D eigenvalue weighted by Gasteiger charge is -2.24. The lowest BCUT2D eigenvalue weighted by atomic mass is 10.1. The molecule has 90 valence electrons. The van der Waals surface area contributed by atoms with Crippen LogP contribution in [0.1, 0.15) is 24.8 Å². The zero-order valence-corrected chi connectivity index (χ0v) is 11.1. The van der Waals surface area contributed by atoms with Gasteiger partial charge in [0, 0.05) is 23.9 Å². The van der Waals surface area contributed by atoms with Gasteiger partial charge in [0.05, 0.1) is 0 Å². The van der Waals surface area contributed by atoms with Crippen molar-refractivity contribution < 1.29 is 9.59 Å². The van der Waals surface area contributed by atoms with E-state index in [1.165, 1.54) is 4.90 Å². The summed E-state index contributed by atoms with van der Waals surface area (Å²) in [5.74, 6) is -0.0586. The van der Waals surface area contributed by atoms with Gasteiger partial charge in [-0.2, -0.15) is 0 Å². The fourth-order valence-corrected chi connectivity index (χ4v) is 2.21. The number of amides is 2. The summed E-state index contributed by atoms with van der Waals surface area (Å²) < 4.78 is 1.03. The van der Waals surface area contributed by atoms with Crippen LogP contribution in [0.4, 0.5) is 0 Å². The summed E-state index contributed by atoms with van der Waals surface area (Å²) >= 11 is 3.37. The Morgan fingerprint density at radius 2 is 1.65 bits per heavy atom. The van der Waals surface area contributed by atoms with Crippen molar-refractivity contribution in [2.24, 2.45) is 0 Å². The molecule has 0 N–H and O–H groups in total. The molecule has 0 unspecified atom stereocenters. The SMILES string of the molecule is O=C1CCCC(=O)N1CCc1ccc(Br)cc1. The molecule has 1 saturated heterocycles. The van der Waals surface area contributed by atoms with E-state index in [0.29, 0.717) is 25.8 Å². The van der Waals surface area contributed by atoms with E-state index < -0.39 is 0 Å². The van der Waals surface area contributed by atoms with Crippen LogP contribution in [0.3, 0.4) is 0 Å². The molecular weight excluding hydrogens is 282 g/mol. The number of imide groups is 1. The highest BCUT2D eigenvalue weighted by atomic mass is 79.9. The van der Waals surface area contributed by atoms with Gasteiger partial charge in [-0.25, -0.2) is 0 Å². The fraction of sp³-hybridized carbons (Fsp3) is 0.385. The van der Waals surface area contributed by atoms with Crippen LogP contribution in [0.15, 0.2) is 28.7 Å². The Hall–Kier alpha value is -1.16. The molecule has 4 heteroatoms. The molecule has 0 spiro atoms. The maximum Gasteiger partial charge on any atom is 0.229 e. The van der Waals surface area contributed by atoms with Crippen molar-refractivity contribution in [3.8, 4) is 0 Å². The van der Waals surface area contributed by atoms with Gasteiger partial charge in [-0.3, -0.25) is 14.5 Å². The van der Waals surface area contributed by atoms with Crippen LogP contribution >= 0.6 is 15.9 Å². The smallest absolute Gasteiger partial charge is 0.229 e. The first-order chi connectivity index (χ1) is 8.16. The molecule has 1 aliphatic heterocycles. The number of hydrogen-bond donors (Lipinski definition) is 0. The predicted molar refractivity (Wildman–Crippen MR) is 68.4 cm³/mol. The molecule has 0 saturated carbocycles. The van der Waals surface area contributed by atoms with Crippen molar-refractivity contribution in [1.29, 1.82) is 0 Å². The highest BCUT2D eigenvalue weighted by Crippen LogP contribution is 2.14. The van der Waals surface area contributed by atoms with E-state index in [-0.39, 0.29) is 11.8 Å². The number of carbonyl (C=O) groups excluding carboxylic acids is 2. The molecule has 0 atom stereocenters. The number of hydrogen-bond acceptors (Lipinski definition) is 2. The zero-order chi connectivity index (χ0) is 12.3. The molecule has 1 aromatic carbocycles. The van der Waals surface area contributed by atoms with Crippen molar-refractivity contribution >= 4 is 27.7 Å². The Balaban J connectivity index is 1.95. The molecule has 3 nitrogen and oxygen atoms in total. The van der Waals surface area contributed by atoms with Gasteiger partial charge in [0.15, 0.2) is 0 Å². The van der Waals surface area contributed by atoms with Gasteiger partial charge in [0.25, 0.3) is 0 Å². The summed E-state index contributed by atoms with van der Waals surface area (Å²) in [6.07, 6.45) is 2.44. The van der Waals surface area contributed by atoms with Crippen LogP contribution in [0, 0.1) is 0 Å². The summed E-state index contributed by atoms with van der Waals surface area (Å²) in [6, 6.07) is 7.94. The fourth-order valence-electron chi connectivity index (χ4n) is 1.94. The molecule has 2 rings (SSSR count). The number of halogens is 1. The third kappa shape index (κ3) is 3.16. The van der Waals surface area contributed by atoms with E-state index in [0.717, 1.165) is 16.5 Å². The molecule has 17 heavy (non-hydrogen) atoms. The van der Waals surface area contributed by atoms with E-state index in [1.54, 1.807) is 0 Å². The Kier molecular flexibility index (Phi) is 3.94. The molecule has 1 aliphatic rings. The molecular formula is C13H14BrNO2. The maximum absolute atomic E-state index is 11.6. The quantitative estimate of drug-likeness (QED) is 0.804. The first-order valence-corrected chi connectivity index (χ1v) is 6.54. The third-order valence-corrected chi connectivity index (χ3v) is 3.45. The summed E-state index contributed by atoms with van der Waals surface area (Å²) in [5, 5.41) is 0. The van der Waals surface area contributed by atoms with E-state index in [2.05, 4.69) is 15.9 Å². The Morgan fingerprint density at radius 1 is 1.06 bits per heavy atom. The Labute approximate surface area is 109 Å². The second-order valence-corrected chi connectivity index (χ2v) is 5.08. The lowest BCUT2D eigenvalue weighted by Crippen LogP contribution is -2.41. The van der Waals surface area contributed by atoms with Crippen molar-refractivity contribution in [1.82, 2.24) is 4.90 Å². The van der Waals surface area contributed by atoms with Crippen molar-refractivity contribution in [3.63, 3.8) is 0 Å². The number of nitrogens with zero attached hydrogens (tertiary/aromatic N) is 1. The largest absolute Gasteiger partial charge is 0.282 e. The standard InChI is InChI=1S/C13H14BrNO2/c14-11-6-4-10(5-7-11)8-9-15-12(16)2-1-3-13(15)17/h4-7H,1-3,8-9H2. The number of rotatable bonds is 3. The minimum Gasteiger partial charge on any atom is -0.282 e. The number of carbonyl (C=O) groups is 2. The summed E-state index contributed by atoms with van der Waals surface area (Å²) in [4.78, 5) is 24.5. The minimum absolute atomic E-state index is 0.0293. The van der Waals surface area contributed by atoms with Gasteiger partial charge in [0.2, 0.25) is 11.8 Å². The topological polar surface area (TPSA) is 37.4 Å². The first-order valence-electron chi connectivity index (χ1n) is 5.74. The van der Waals surface area contributed by atoms with E-state index in [1.807, 2.05) is 24.3 Å². The van der Waals surface area contributed by atoms with E-state index >= 15 is 0 Å². The van der Waals surface area contributed by atoms with Crippen LogP contribution in [0.2, 0.25) is 0 Å². The highest BCUT2D eigenvalue weighted by Gasteiger charge is 2.25. The predicted octanol–water partition coefficient (Wildman–Crippen LogP) is 2.53. The summed E-state index contributed by atoms with van der Waals surface area (Å²) in [6.45, 7) is 0.499. The molecule has 1 heterocycles. The van der Waals surface area contributed by atoms with Gasteiger partial charge in [-0.05, 0) is 30.5 Å². The summed E-state index contributed by atoms with van der Waals surface area (Å²) in [5.41, 5.74) is 1.14. The normalized spacial score (nSPS) is 16.4. The van der Waals surface area contributed by atoms with Crippen LogP contribution in [0.5, 0.6) is 0 Å². The van der Waals surface area contributed by atoms with E-state index in [9.17, 15) is 9.59 Å². The molecule has 0 bridgehead atoms. The Bertz CT molecular complexity index is 412. The maximum atomic E-state index is 11.6. The molecule has 0 aromatic heterocycles.